The van der Waals surface area contributed by atoms with Crippen LogP contribution in [-0.2, 0) is 16.4 Å². The molecule has 1 amide bonds. The molecule has 2 N–H and O–H groups in total. The Bertz CT molecular complexity index is 947. The molecule has 2 heterocycles. The van der Waals surface area contributed by atoms with Gasteiger partial charge in [0.1, 0.15) is 0 Å². The quantitative estimate of drug-likeness (QED) is 0.830. The summed E-state index contributed by atoms with van der Waals surface area (Å²) >= 11 is 0. The average molecular weight is 364 g/mol. The standard InChI is InChI=1S/C16H16N2O6S/c1-2-17-25(22,23)11-4-3-10-7-8-18(12(10)9-11)15(19)13-5-6-14(24-13)16(20)21/h3-6,9,17H,2,7-8H2,1H3,(H,20,21). The smallest absolute Gasteiger partial charge is 0.371 e. The third kappa shape index (κ3) is 3.15. The number of benzene rings is 1. The predicted octanol–water partition coefficient (Wildman–Crippen LogP) is 1.48. The van der Waals surface area contributed by atoms with Crippen molar-refractivity contribution in [2.45, 2.75) is 18.2 Å². The number of carbonyl (C=O) groups excluding carboxylic acids is 1. The molecule has 0 aliphatic carbocycles. The van der Waals surface area contributed by atoms with Gasteiger partial charge in [0.05, 0.1) is 4.90 Å². The van der Waals surface area contributed by atoms with E-state index in [1.807, 2.05) is 0 Å². The summed E-state index contributed by atoms with van der Waals surface area (Å²) in [5.74, 6) is -2.21. The second-order valence-corrected chi connectivity index (χ2v) is 7.23. The molecular weight excluding hydrogens is 348 g/mol. The molecule has 25 heavy (non-hydrogen) atoms. The minimum Gasteiger partial charge on any atom is -0.475 e. The zero-order chi connectivity index (χ0) is 18.2. The SMILES string of the molecule is CCNS(=O)(=O)c1ccc2c(c1)N(C(=O)c1ccc(C(=O)O)o1)CC2. The van der Waals surface area contributed by atoms with Gasteiger partial charge in [-0.05, 0) is 36.2 Å². The molecule has 0 radical (unpaired) electrons. The van der Waals surface area contributed by atoms with E-state index in [4.69, 9.17) is 9.52 Å². The van der Waals surface area contributed by atoms with E-state index in [1.54, 1.807) is 13.0 Å². The van der Waals surface area contributed by atoms with Crippen LogP contribution in [0, 0.1) is 0 Å². The summed E-state index contributed by atoms with van der Waals surface area (Å²) in [5.41, 5.74) is 1.33. The van der Waals surface area contributed by atoms with Crippen LogP contribution in [0.3, 0.4) is 0 Å². The average Bonchev–Trinajstić information content (AvgIpc) is 3.21. The lowest BCUT2D eigenvalue weighted by atomic mass is 10.2. The largest absolute Gasteiger partial charge is 0.475 e. The maximum absolute atomic E-state index is 12.6. The fourth-order valence-electron chi connectivity index (χ4n) is 2.71. The summed E-state index contributed by atoms with van der Waals surface area (Å²) in [6.45, 7) is 2.30. The van der Waals surface area contributed by atoms with Gasteiger partial charge in [-0.2, -0.15) is 0 Å². The van der Waals surface area contributed by atoms with Crippen molar-refractivity contribution in [2.75, 3.05) is 18.0 Å². The van der Waals surface area contributed by atoms with E-state index < -0.39 is 21.9 Å². The van der Waals surface area contributed by atoms with Crippen molar-refractivity contribution < 1.29 is 27.5 Å². The van der Waals surface area contributed by atoms with Crippen LogP contribution in [0.2, 0.25) is 0 Å². The van der Waals surface area contributed by atoms with Gasteiger partial charge in [0.25, 0.3) is 5.91 Å². The zero-order valence-electron chi connectivity index (χ0n) is 13.4. The summed E-state index contributed by atoms with van der Waals surface area (Å²) in [7, 11) is -3.64. The molecule has 1 aliphatic heterocycles. The number of amides is 1. The van der Waals surface area contributed by atoms with Gasteiger partial charge < -0.3 is 14.4 Å². The maximum atomic E-state index is 12.6. The van der Waals surface area contributed by atoms with Crippen LogP contribution in [0.5, 0.6) is 0 Å². The van der Waals surface area contributed by atoms with E-state index in [2.05, 4.69) is 4.72 Å². The first-order valence-corrected chi connectivity index (χ1v) is 9.09. The number of hydrogen-bond donors (Lipinski definition) is 2. The third-order valence-electron chi connectivity index (χ3n) is 3.87. The Morgan fingerprint density at radius 2 is 1.96 bits per heavy atom. The number of nitrogens with one attached hydrogen (secondary N) is 1. The predicted molar refractivity (Wildman–Crippen MR) is 88.4 cm³/mol. The molecule has 0 fully saturated rings. The number of aromatic carboxylic acids is 1. The second-order valence-electron chi connectivity index (χ2n) is 5.47. The van der Waals surface area contributed by atoms with Gasteiger partial charge in [-0.3, -0.25) is 4.79 Å². The molecule has 0 spiro atoms. The molecule has 1 aromatic carbocycles. The van der Waals surface area contributed by atoms with E-state index >= 15 is 0 Å². The van der Waals surface area contributed by atoms with E-state index in [9.17, 15) is 18.0 Å². The van der Waals surface area contributed by atoms with Crippen molar-refractivity contribution in [3.8, 4) is 0 Å². The van der Waals surface area contributed by atoms with Gasteiger partial charge in [-0.25, -0.2) is 17.9 Å². The monoisotopic (exact) mass is 364 g/mol. The van der Waals surface area contributed by atoms with E-state index in [-0.39, 0.29) is 23.0 Å². The Balaban J connectivity index is 1.95. The first-order chi connectivity index (χ1) is 11.8. The number of sulfonamides is 1. The highest BCUT2D eigenvalue weighted by atomic mass is 32.2. The highest BCUT2D eigenvalue weighted by Crippen LogP contribution is 2.32. The lowest BCUT2D eigenvalue weighted by Gasteiger charge is -2.16. The fraction of sp³-hybridized carbons (Fsp3) is 0.250. The van der Waals surface area contributed by atoms with Crippen LogP contribution in [0.25, 0.3) is 0 Å². The highest BCUT2D eigenvalue weighted by molar-refractivity contribution is 7.89. The topological polar surface area (TPSA) is 117 Å². The Morgan fingerprint density at radius 3 is 2.60 bits per heavy atom. The number of furan rings is 1. The van der Waals surface area contributed by atoms with Crippen LogP contribution in [0.4, 0.5) is 5.69 Å². The molecule has 0 saturated carbocycles. The number of hydrogen-bond acceptors (Lipinski definition) is 5. The number of carboxylic acids is 1. The Morgan fingerprint density at radius 1 is 1.24 bits per heavy atom. The van der Waals surface area contributed by atoms with Gasteiger partial charge >= 0.3 is 5.97 Å². The lowest BCUT2D eigenvalue weighted by Crippen LogP contribution is -2.29. The Labute approximate surface area is 144 Å². The Kier molecular flexibility index (Phi) is 4.36. The number of fused-ring (bicyclic) bond motifs is 1. The number of nitrogens with zero attached hydrogens (tertiary/aromatic N) is 1. The highest BCUT2D eigenvalue weighted by Gasteiger charge is 2.29. The number of carboxylic acid groups (broad SMARTS) is 1. The molecule has 0 bridgehead atoms. The molecule has 0 unspecified atom stereocenters. The first kappa shape index (κ1) is 17.2. The van der Waals surface area contributed by atoms with Gasteiger partial charge in [-0.15, -0.1) is 0 Å². The minimum absolute atomic E-state index is 0.0680. The summed E-state index contributed by atoms with van der Waals surface area (Å²) in [5, 5.41) is 8.89. The number of rotatable bonds is 5. The summed E-state index contributed by atoms with van der Waals surface area (Å²) in [6, 6.07) is 7.12. The van der Waals surface area contributed by atoms with Gasteiger partial charge in [0.15, 0.2) is 5.76 Å². The van der Waals surface area contributed by atoms with Crippen molar-refractivity contribution in [1.29, 1.82) is 0 Å². The summed E-state index contributed by atoms with van der Waals surface area (Å²) < 4.78 is 31.8. The van der Waals surface area contributed by atoms with Crippen LogP contribution in [0.15, 0.2) is 39.6 Å². The fourth-order valence-corrected chi connectivity index (χ4v) is 3.77. The Hall–Kier alpha value is -2.65. The molecule has 3 rings (SSSR count). The maximum Gasteiger partial charge on any atom is 0.371 e. The van der Waals surface area contributed by atoms with Gasteiger partial charge in [-0.1, -0.05) is 13.0 Å². The third-order valence-corrected chi connectivity index (χ3v) is 5.41. The van der Waals surface area contributed by atoms with Crippen molar-refractivity contribution in [3.05, 3.63) is 47.4 Å². The van der Waals surface area contributed by atoms with Crippen molar-refractivity contribution in [1.82, 2.24) is 4.72 Å². The second kappa shape index (κ2) is 6.34. The normalized spacial score (nSPS) is 13.7. The van der Waals surface area contributed by atoms with Crippen molar-refractivity contribution >= 4 is 27.6 Å². The molecule has 1 aromatic heterocycles. The molecule has 132 valence electrons. The first-order valence-electron chi connectivity index (χ1n) is 7.61. The van der Waals surface area contributed by atoms with E-state index in [1.165, 1.54) is 29.2 Å². The van der Waals surface area contributed by atoms with Crippen molar-refractivity contribution in [2.24, 2.45) is 0 Å². The lowest BCUT2D eigenvalue weighted by molar-refractivity contribution is 0.0660. The number of carbonyl (C=O) groups is 2. The van der Waals surface area contributed by atoms with Crippen LogP contribution in [0.1, 0.15) is 33.6 Å². The molecular formula is C16H16N2O6S. The van der Waals surface area contributed by atoms with Crippen LogP contribution >= 0.6 is 0 Å². The van der Waals surface area contributed by atoms with Crippen molar-refractivity contribution in [3.63, 3.8) is 0 Å². The summed E-state index contributed by atoms with van der Waals surface area (Å²) in [6.07, 6.45) is 0.578. The molecule has 9 heteroatoms. The molecule has 0 saturated heterocycles. The zero-order valence-corrected chi connectivity index (χ0v) is 14.2. The van der Waals surface area contributed by atoms with Crippen LogP contribution < -0.4 is 9.62 Å². The van der Waals surface area contributed by atoms with Crippen LogP contribution in [-0.4, -0.2) is 38.5 Å². The van der Waals surface area contributed by atoms with Gasteiger partial charge in [0, 0.05) is 18.8 Å². The van der Waals surface area contributed by atoms with E-state index in [0.717, 1.165) is 5.56 Å². The van der Waals surface area contributed by atoms with Gasteiger partial charge in [0.2, 0.25) is 15.8 Å². The minimum atomic E-state index is -3.64. The molecule has 1 aliphatic rings. The molecule has 8 nitrogen and oxygen atoms in total. The molecule has 0 atom stereocenters. The summed E-state index contributed by atoms with van der Waals surface area (Å²) in [4.78, 5) is 24.9. The number of anilines is 1. The molecule has 2 aromatic rings. The van der Waals surface area contributed by atoms with E-state index in [0.29, 0.717) is 18.7 Å².